The number of sulfonamides is 1. The van der Waals surface area contributed by atoms with E-state index in [1.807, 2.05) is 4.90 Å². The topological polar surface area (TPSA) is 98.8 Å². The second kappa shape index (κ2) is 9.60. The van der Waals surface area contributed by atoms with Crippen LogP contribution in [0.1, 0.15) is 25.7 Å². The first kappa shape index (κ1) is 22.1. The van der Waals surface area contributed by atoms with E-state index in [-0.39, 0.29) is 22.8 Å². The molecule has 2 aromatic carbocycles. The summed E-state index contributed by atoms with van der Waals surface area (Å²) in [7, 11) is -3.79. The van der Waals surface area contributed by atoms with Crippen LogP contribution in [0.3, 0.4) is 0 Å². The number of nitrogens with one attached hydrogen (secondary N) is 2. The lowest BCUT2D eigenvalue weighted by molar-refractivity contribution is -0.121. The number of anilines is 2. The molecule has 1 unspecified atom stereocenters. The second-order valence-corrected chi connectivity index (χ2v) is 9.90. The first-order valence-electron chi connectivity index (χ1n) is 11.0. The van der Waals surface area contributed by atoms with Crippen molar-refractivity contribution in [1.29, 1.82) is 0 Å². The van der Waals surface area contributed by atoms with Crippen molar-refractivity contribution in [2.24, 2.45) is 5.92 Å². The third-order valence-corrected chi connectivity index (χ3v) is 7.30. The number of carbonyl (C=O) groups is 2. The van der Waals surface area contributed by atoms with Crippen LogP contribution in [0.4, 0.5) is 16.2 Å². The number of benzene rings is 2. The lowest BCUT2D eigenvalue weighted by Crippen LogP contribution is -2.48. The monoisotopic (exact) mass is 456 g/mol. The van der Waals surface area contributed by atoms with Crippen molar-refractivity contribution < 1.29 is 18.0 Å². The highest BCUT2D eigenvalue weighted by Gasteiger charge is 2.32. The maximum Gasteiger partial charge on any atom is 0.320 e. The van der Waals surface area contributed by atoms with Gasteiger partial charge >= 0.3 is 6.03 Å². The van der Waals surface area contributed by atoms with Crippen LogP contribution >= 0.6 is 0 Å². The van der Waals surface area contributed by atoms with Gasteiger partial charge < -0.3 is 15.1 Å². The standard InChI is InChI=1S/C23H28N4O4S/c28-22(18-9-8-16-27(17-18)23(29)26-14-6-7-15-26)24-20-12-4-5-13-21(20)25-32(30,31)19-10-2-1-3-11-19/h1-5,10-13,18,25H,6-9,14-17H2,(H,24,28). The van der Waals surface area contributed by atoms with Crippen LogP contribution in [-0.4, -0.2) is 56.3 Å². The number of rotatable bonds is 5. The Kier molecular flexibility index (Phi) is 6.64. The van der Waals surface area contributed by atoms with Gasteiger partial charge in [-0.25, -0.2) is 13.2 Å². The molecule has 0 aliphatic carbocycles. The summed E-state index contributed by atoms with van der Waals surface area (Å²) < 4.78 is 28.0. The van der Waals surface area contributed by atoms with E-state index < -0.39 is 10.0 Å². The Morgan fingerprint density at radius 2 is 1.44 bits per heavy atom. The summed E-state index contributed by atoms with van der Waals surface area (Å²) in [5.41, 5.74) is 0.686. The summed E-state index contributed by atoms with van der Waals surface area (Å²) in [5, 5.41) is 2.87. The van der Waals surface area contributed by atoms with E-state index in [0.717, 1.165) is 32.4 Å². The highest BCUT2D eigenvalue weighted by Crippen LogP contribution is 2.27. The molecule has 0 aromatic heterocycles. The van der Waals surface area contributed by atoms with Gasteiger partial charge in [-0.3, -0.25) is 9.52 Å². The van der Waals surface area contributed by atoms with Crippen LogP contribution in [0.15, 0.2) is 59.5 Å². The van der Waals surface area contributed by atoms with Crippen molar-refractivity contribution in [2.75, 3.05) is 36.2 Å². The lowest BCUT2D eigenvalue weighted by atomic mass is 9.97. The van der Waals surface area contributed by atoms with E-state index in [1.165, 1.54) is 12.1 Å². The first-order valence-corrected chi connectivity index (χ1v) is 12.4. The van der Waals surface area contributed by atoms with Crippen LogP contribution in [0.5, 0.6) is 0 Å². The molecule has 8 nitrogen and oxygen atoms in total. The molecule has 0 spiro atoms. The summed E-state index contributed by atoms with van der Waals surface area (Å²) >= 11 is 0. The van der Waals surface area contributed by atoms with Crippen molar-refractivity contribution in [3.8, 4) is 0 Å². The fourth-order valence-corrected chi connectivity index (χ4v) is 5.29. The molecule has 2 aliphatic rings. The average Bonchev–Trinajstić information content (AvgIpc) is 3.35. The van der Waals surface area contributed by atoms with Gasteiger partial charge in [-0.05, 0) is 49.9 Å². The van der Waals surface area contributed by atoms with Gasteiger partial charge in [0.05, 0.1) is 22.2 Å². The first-order chi connectivity index (χ1) is 15.4. The van der Waals surface area contributed by atoms with Gasteiger partial charge in [-0.15, -0.1) is 0 Å². The third-order valence-electron chi connectivity index (χ3n) is 5.92. The molecule has 9 heteroatoms. The summed E-state index contributed by atoms with van der Waals surface area (Å²) in [6.45, 7) is 2.59. The Hall–Kier alpha value is -3.07. The normalized spacial score (nSPS) is 18.9. The van der Waals surface area contributed by atoms with Gasteiger partial charge in [-0.2, -0.15) is 0 Å². The minimum Gasteiger partial charge on any atom is -0.325 e. The van der Waals surface area contributed by atoms with Gasteiger partial charge in [0.1, 0.15) is 0 Å². The highest BCUT2D eigenvalue weighted by molar-refractivity contribution is 7.92. The zero-order valence-corrected chi connectivity index (χ0v) is 18.7. The Bertz CT molecular complexity index is 1070. The lowest BCUT2D eigenvalue weighted by Gasteiger charge is -2.34. The van der Waals surface area contributed by atoms with Crippen LogP contribution < -0.4 is 10.0 Å². The van der Waals surface area contributed by atoms with Crippen molar-refractivity contribution in [3.05, 3.63) is 54.6 Å². The quantitative estimate of drug-likeness (QED) is 0.721. The fraction of sp³-hybridized carbons (Fsp3) is 0.391. The fourth-order valence-electron chi connectivity index (χ4n) is 4.19. The molecule has 2 N–H and O–H groups in total. The molecule has 1 atom stereocenters. The molecule has 2 heterocycles. The predicted octanol–water partition coefficient (Wildman–Crippen LogP) is 3.35. The molecule has 0 saturated carbocycles. The van der Waals surface area contributed by atoms with Crippen molar-refractivity contribution in [3.63, 3.8) is 0 Å². The molecule has 2 fully saturated rings. The van der Waals surface area contributed by atoms with E-state index in [2.05, 4.69) is 10.0 Å². The summed E-state index contributed by atoms with van der Waals surface area (Å²) in [6.07, 6.45) is 3.51. The van der Waals surface area contributed by atoms with E-state index in [1.54, 1.807) is 47.4 Å². The van der Waals surface area contributed by atoms with E-state index in [0.29, 0.717) is 30.9 Å². The molecule has 2 saturated heterocycles. The van der Waals surface area contributed by atoms with Gasteiger partial charge in [-0.1, -0.05) is 30.3 Å². The molecular formula is C23H28N4O4S. The number of likely N-dealkylation sites (tertiary alicyclic amines) is 2. The second-order valence-electron chi connectivity index (χ2n) is 8.22. The van der Waals surface area contributed by atoms with Crippen molar-refractivity contribution >= 4 is 33.3 Å². The van der Waals surface area contributed by atoms with Gasteiger partial charge in [0.25, 0.3) is 10.0 Å². The number of para-hydroxylation sites is 2. The minimum atomic E-state index is -3.79. The molecular weight excluding hydrogens is 428 g/mol. The van der Waals surface area contributed by atoms with E-state index in [4.69, 9.17) is 0 Å². The van der Waals surface area contributed by atoms with Gasteiger partial charge in [0, 0.05) is 26.2 Å². The Morgan fingerprint density at radius 3 is 2.16 bits per heavy atom. The highest BCUT2D eigenvalue weighted by atomic mass is 32.2. The summed E-state index contributed by atoms with van der Waals surface area (Å²) in [6, 6.07) is 14.8. The largest absolute Gasteiger partial charge is 0.325 e. The maximum absolute atomic E-state index is 13.0. The average molecular weight is 457 g/mol. The van der Waals surface area contributed by atoms with Crippen molar-refractivity contribution in [2.45, 2.75) is 30.6 Å². The van der Waals surface area contributed by atoms with Crippen LogP contribution in [0.25, 0.3) is 0 Å². The van der Waals surface area contributed by atoms with Crippen molar-refractivity contribution in [1.82, 2.24) is 9.80 Å². The molecule has 32 heavy (non-hydrogen) atoms. The molecule has 2 aliphatic heterocycles. The van der Waals surface area contributed by atoms with Crippen LogP contribution in [0, 0.1) is 5.92 Å². The number of amides is 3. The SMILES string of the molecule is O=C(Nc1ccccc1NS(=O)(=O)c1ccccc1)C1CCCN(C(=O)N2CCCC2)C1. The maximum atomic E-state index is 13.0. The zero-order valence-electron chi connectivity index (χ0n) is 17.9. The summed E-state index contributed by atoms with van der Waals surface area (Å²) in [4.78, 5) is 29.5. The van der Waals surface area contributed by atoms with Crippen LogP contribution in [-0.2, 0) is 14.8 Å². The molecule has 170 valence electrons. The number of carbonyl (C=O) groups excluding carboxylic acids is 2. The number of hydrogen-bond donors (Lipinski definition) is 2. The van der Waals surface area contributed by atoms with E-state index >= 15 is 0 Å². The zero-order chi connectivity index (χ0) is 22.6. The van der Waals surface area contributed by atoms with Crippen LogP contribution in [0.2, 0.25) is 0 Å². The number of piperidine rings is 1. The molecule has 4 rings (SSSR count). The predicted molar refractivity (Wildman–Crippen MR) is 123 cm³/mol. The molecule has 2 aromatic rings. The number of urea groups is 1. The Labute approximate surface area is 188 Å². The Morgan fingerprint density at radius 1 is 0.812 bits per heavy atom. The molecule has 0 bridgehead atoms. The Balaban J connectivity index is 1.44. The molecule has 3 amide bonds. The third kappa shape index (κ3) is 5.04. The van der Waals surface area contributed by atoms with Gasteiger partial charge in [0.15, 0.2) is 0 Å². The number of nitrogens with zero attached hydrogens (tertiary/aromatic N) is 2. The minimum absolute atomic E-state index is 0.0102. The van der Waals surface area contributed by atoms with E-state index in [9.17, 15) is 18.0 Å². The van der Waals surface area contributed by atoms with Gasteiger partial charge in [0.2, 0.25) is 5.91 Å². The number of hydrogen-bond acceptors (Lipinski definition) is 4. The smallest absolute Gasteiger partial charge is 0.320 e. The summed E-state index contributed by atoms with van der Waals surface area (Å²) in [5.74, 6) is -0.552. The molecule has 0 radical (unpaired) electrons.